The molecule has 0 bridgehead atoms. The van der Waals surface area contributed by atoms with E-state index in [2.05, 4.69) is 36.1 Å². The lowest BCUT2D eigenvalue weighted by Gasteiger charge is -2.28. The summed E-state index contributed by atoms with van der Waals surface area (Å²) in [5, 5.41) is 4.51. The summed E-state index contributed by atoms with van der Waals surface area (Å²) in [7, 11) is 2.13. The molecular weight excluding hydrogens is 277 g/mol. The molecule has 1 atom stereocenters. The molecular formula is C18H24FN3. The van der Waals surface area contributed by atoms with Crippen LogP contribution in [0.5, 0.6) is 0 Å². The zero-order valence-corrected chi connectivity index (χ0v) is 13.6. The van der Waals surface area contributed by atoms with Crippen LogP contribution >= 0.6 is 0 Å². The maximum Gasteiger partial charge on any atom is 0.149 e. The van der Waals surface area contributed by atoms with E-state index in [1.54, 1.807) is 6.07 Å². The van der Waals surface area contributed by atoms with Crippen LogP contribution < -0.4 is 5.32 Å². The molecule has 1 aliphatic rings. The summed E-state index contributed by atoms with van der Waals surface area (Å²) in [6.07, 6.45) is 1.98. The first-order chi connectivity index (χ1) is 10.6. The van der Waals surface area contributed by atoms with Crippen molar-refractivity contribution in [3.8, 4) is 0 Å². The summed E-state index contributed by atoms with van der Waals surface area (Å²) < 4.78 is 14.2. The Morgan fingerprint density at radius 1 is 1.41 bits per heavy atom. The number of nitrogens with one attached hydrogen (secondary N) is 1. The van der Waals surface area contributed by atoms with Crippen LogP contribution in [-0.4, -0.2) is 29.5 Å². The third-order valence-corrected chi connectivity index (χ3v) is 4.67. The quantitative estimate of drug-likeness (QED) is 0.939. The molecule has 0 fully saturated rings. The van der Waals surface area contributed by atoms with Crippen LogP contribution in [0.15, 0.2) is 18.2 Å². The molecule has 1 N–H and O–H groups in total. The topological polar surface area (TPSA) is 28.2 Å². The Labute approximate surface area is 131 Å². The zero-order valence-electron chi connectivity index (χ0n) is 13.6. The minimum Gasteiger partial charge on any atom is -0.310 e. The van der Waals surface area contributed by atoms with E-state index >= 15 is 0 Å². The van der Waals surface area contributed by atoms with Crippen LogP contribution in [0.2, 0.25) is 0 Å². The van der Waals surface area contributed by atoms with Gasteiger partial charge in [-0.3, -0.25) is 0 Å². The molecule has 3 rings (SSSR count). The standard InChI is InChI=1S/C18H24FN3/c1-4-12(2)20-10-14-13-6-5-7-16(19)18(13)21-17-8-9-22(3)11-15(14)17/h5-7,12,20H,4,8-11H2,1-3H3. The van der Waals surface area contributed by atoms with Crippen LogP contribution in [-0.2, 0) is 19.5 Å². The fourth-order valence-electron chi connectivity index (χ4n) is 3.07. The van der Waals surface area contributed by atoms with Crippen molar-refractivity contribution < 1.29 is 4.39 Å². The highest BCUT2D eigenvalue weighted by Crippen LogP contribution is 2.29. The fourth-order valence-corrected chi connectivity index (χ4v) is 3.07. The zero-order chi connectivity index (χ0) is 15.7. The molecule has 118 valence electrons. The van der Waals surface area contributed by atoms with Gasteiger partial charge in [0.1, 0.15) is 11.3 Å². The third-order valence-electron chi connectivity index (χ3n) is 4.67. The molecule has 1 aromatic heterocycles. The van der Waals surface area contributed by atoms with Crippen LogP contribution in [0.4, 0.5) is 4.39 Å². The number of likely N-dealkylation sites (N-methyl/N-ethyl adjacent to an activating group) is 1. The van der Waals surface area contributed by atoms with Gasteiger partial charge in [0.05, 0.1) is 0 Å². The van der Waals surface area contributed by atoms with E-state index in [1.807, 2.05) is 6.07 Å². The molecule has 4 heteroatoms. The first kappa shape index (κ1) is 15.4. The summed E-state index contributed by atoms with van der Waals surface area (Å²) in [5.74, 6) is -0.219. The van der Waals surface area contributed by atoms with E-state index in [9.17, 15) is 4.39 Å². The Bertz CT molecular complexity index is 684. The monoisotopic (exact) mass is 301 g/mol. The highest BCUT2D eigenvalue weighted by molar-refractivity contribution is 5.84. The van der Waals surface area contributed by atoms with Crippen molar-refractivity contribution in [2.24, 2.45) is 0 Å². The Morgan fingerprint density at radius 2 is 2.23 bits per heavy atom. The molecule has 0 radical (unpaired) electrons. The van der Waals surface area contributed by atoms with Crippen LogP contribution in [0.25, 0.3) is 10.9 Å². The van der Waals surface area contributed by atoms with Gasteiger partial charge in [-0.25, -0.2) is 9.37 Å². The van der Waals surface area contributed by atoms with E-state index in [0.29, 0.717) is 11.6 Å². The molecule has 22 heavy (non-hydrogen) atoms. The van der Waals surface area contributed by atoms with Gasteiger partial charge in [-0.1, -0.05) is 19.1 Å². The normalized spacial score (nSPS) is 16.7. The average Bonchev–Trinajstić information content (AvgIpc) is 2.52. The van der Waals surface area contributed by atoms with Gasteiger partial charge in [-0.05, 0) is 37.6 Å². The molecule has 0 saturated heterocycles. The van der Waals surface area contributed by atoms with E-state index in [-0.39, 0.29) is 5.82 Å². The van der Waals surface area contributed by atoms with Crippen LogP contribution in [0.3, 0.4) is 0 Å². The second kappa shape index (κ2) is 6.31. The first-order valence-electron chi connectivity index (χ1n) is 8.11. The van der Waals surface area contributed by atoms with Crippen molar-refractivity contribution in [1.82, 2.24) is 15.2 Å². The molecule has 0 saturated carbocycles. The van der Waals surface area contributed by atoms with Gasteiger partial charge in [0, 0.05) is 43.2 Å². The minimum atomic E-state index is -0.219. The summed E-state index contributed by atoms with van der Waals surface area (Å²) >= 11 is 0. The molecule has 3 nitrogen and oxygen atoms in total. The molecule has 0 amide bonds. The highest BCUT2D eigenvalue weighted by atomic mass is 19.1. The number of pyridine rings is 1. The number of rotatable bonds is 4. The Balaban J connectivity index is 2.12. The summed E-state index contributed by atoms with van der Waals surface area (Å²) in [6.45, 7) is 7.01. The Kier molecular flexibility index (Phi) is 4.41. The molecule has 2 aromatic rings. The van der Waals surface area contributed by atoms with Crippen molar-refractivity contribution in [2.45, 2.75) is 45.8 Å². The van der Waals surface area contributed by atoms with Gasteiger partial charge < -0.3 is 10.2 Å². The van der Waals surface area contributed by atoms with Gasteiger partial charge in [-0.15, -0.1) is 0 Å². The van der Waals surface area contributed by atoms with Gasteiger partial charge >= 0.3 is 0 Å². The number of fused-ring (bicyclic) bond motifs is 2. The van der Waals surface area contributed by atoms with E-state index in [0.717, 1.165) is 43.6 Å². The lowest BCUT2D eigenvalue weighted by atomic mass is 9.95. The fraction of sp³-hybridized carbons (Fsp3) is 0.500. The van der Waals surface area contributed by atoms with Crippen LogP contribution in [0.1, 0.15) is 37.1 Å². The van der Waals surface area contributed by atoms with E-state index in [4.69, 9.17) is 0 Å². The van der Waals surface area contributed by atoms with Crippen molar-refractivity contribution in [1.29, 1.82) is 0 Å². The second-order valence-electron chi connectivity index (χ2n) is 6.33. The van der Waals surface area contributed by atoms with Gasteiger partial charge in [0.15, 0.2) is 0 Å². The van der Waals surface area contributed by atoms with E-state index in [1.165, 1.54) is 17.2 Å². The maximum absolute atomic E-state index is 14.2. The van der Waals surface area contributed by atoms with Gasteiger partial charge in [0.2, 0.25) is 0 Å². The SMILES string of the molecule is CCC(C)NCc1c2c(nc3c(F)cccc13)CCN(C)C2. The highest BCUT2D eigenvalue weighted by Gasteiger charge is 2.21. The number of hydrogen-bond acceptors (Lipinski definition) is 3. The molecule has 1 aromatic carbocycles. The summed E-state index contributed by atoms with van der Waals surface area (Å²) in [6, 6.07) is 5.73. The Hall–Kier alpha value is -1.52. The summed E-state index contributed by atoms with van der Waals surface area (Å²) in [5.41, 5.74) is 4.08. The lowest BCUT2D eigenvalue weighted by Crippen LogP contribution is -2.31. The molecule has 0 aliphatic carbocycles. The number of para-hydroxylation sites is 1. The molecule has 1 aliphatic heterocycles. The predicted octanol–water partition coefficient (Wildman–Crippen LogP) is 3.25. The van der Waals surface area contributed by atoms with Gasteiger partial charge in [0.25, 0.3) is 0 Å². The van der Waals surface area contributed by atoms with Gasteiger partial charge in [-0.2, -0.15) is 0 Å². The number of halogens is 1. The Morgan fingerprint density at radius 3 is 3.00 bits per heavy atom. The smallest absolute Gasteiger partial charge is 0.149 e. The summed E-state index contributed by atoms with van der Waals surface area (Å²) in [4.78, 5) is 6.94. The van der Waals surface area contributed by atoms with Crippen molar-refractivity contribution in [3.63, 3.8) is 0 Å². The number of nitrogens with zero attached hydrogens (tertiary/aromatic N) is 2. The van der Waals surface area contributed by atoms with E-state index < -0.39 is 0 Å². The maximum atomic E-state index is 14.2. The number of hydrogen-bond donors (Lipinski definition) is 1. The molecule has 1 unspecified atom stereocenters. The number of aromatic nitrogens is 1. The minimum absolute atomic E-state index is 0.219. The van der Waals surface area contributed by atoms with Crippen LogP contribution in [0, 0.1) is 5.82 Å². The second-order valence-corrected chi connectivity index (χ2v) is 6.33. The average molecular weight is 301 g/mol. The van der Waals surface area contributed by atoms with Crippen molar-refractivity contribution in [2.75, 3.05) is 13.6 Å². The number of benzene rings is 1. The lowest BCUT2D eigenvalue weighted by molar-refractivity contribution is 0.308. The molecule has 0 spiro atoms. The van der Waals surface area contributed by atoms with Crippen molar-refractivity contribution >= 4 is 10.9 Å². The first-order valence-corrected chi connectivity index (χ1v) is 8.11. The molecule has 2 heterocycles. The predicted molar refractivity (Wildman–Crippen MR) is 88.3 cm³/mol. The van der Waals surface area contributed by atoms with Crippen molar-refractivity contribution in [3.05, 3.63) is 40.8 Å². The largest absolute Gasteiger partial charge is 0.310 e. The third kappa shape index (κ3) is 2.85.